The normalized spacial score (nSPS) is 19.6. The molecule has 5 nitrogen and oxygen atoms in total. The first-order valence-corrected chi connectivity index (χ1v) is 8.59. The molecular formula is C19H24N4O. The molecule has 4 rings (SSSR count). The number of fused-ring (bicyclic) bond motifs is 1. The molecule has 1 aliphatic rings. The maximum atomic E-state index is 5.85. The monoisotopic (exact) mass is 324 g/mol. The summed E-state index contributed by atoms with van der Waals surface area (Å²) >= 11 is 0. The summed E-state index contributed by atoms with van der Waals surface area (Å²) in [6.07, 6.45) is 6.83. The number of aromatic amines is 1. The molecule has 1 atom stereocenters. The van der Waals surface area contributed by atoms with Crippen molar-refractivity contribution < 1.29 is 4.74 Å². The number of hydrogen-bond acceptors (Lipinski definition) is 3. The highest BCUT2D eigenvalue weighted by Crippen LogP contribution is 2.20. The first-order valence-electron chi connectivity index (χ1n) is 8.59. The highest BCUT2D eigenvalue weighted by atomic mass is 16.5. The van der Waals surface area contributed by atoms with Crippen LogP contribution in [0.15, 0.2) is 43.0 Å². The number of H-pyrrole nitrogens is 1. The molecule has 0 radical (unpaired) electrons. The van der Waals surface area contributed by atoms with E-state index in [2.05, 4.69) is 56.9 Å². The fourth-order valence-corrected chi connectivity index (χ4v) is 3.62. The van der Waals surface area contributed by atoms with Gasteiger partial charge in [-0.1, -0.05) is 6.07 Å². The first kappa shape index (κ1) is 15.4. The van der Waals surface area contributed by atoms with Crippen LogP contribution in [0.4, 0.5) is 0 Å². The molecule has 0 amide bonds. The first-order chi connectivity index (χ1) is 11.8. The summed E-state index contributed by atoms with van der Waals surface area (Å²) in [6, 6.07) is 8.99. The lowest BCUT2D eigenvalue weighted by Crippen LogP contribution is -2.30. The van der Waals surface area contributed by atoms with E-state index in [4.69, 9.17) is 4.74 Å². The van der Waals surface area contributed by atoms with Crippen LogP contribution >= 0.6 is 0 Å². The summed E-state index contributed by atoms with van der Waals surface area (Å²) in [5.41, 5.74) is 3.85. The molecule has 0 bridgehead atoms. The van der Waals surface area contributed by atoms with E-state index in [1.807, 2.05) is 6.20 Å². The van der Waals surface area contributed by atoms with Crippen LogP contribution in [-0.4, -0.2) is 45.7 Å². The Labute approximate surface area is 142 Å². The van der Waals surface area contributed by atoms with Crippen molar-refractivity contribution in [3.8, 4) is 0 Å². The van der Waals surface area contributed by atoms with Gasteiger partial charge in [0.2, 0.25) is 0 Å². The summed E-state index contributed by atoms with van der Waals surface area (Å²) in [6.45, 7) is 4.60. The van der Waals surface area contributed by atoms with Crippen LogP contribution in [-0.2, 0) is 24.8 Å². The molecule has 1 fully saturated rings. The van der Waals surface area contributed by atoms with Gasteiger partial charge in [-0.3, -0.25) is 4.90 Å². The van der Waals surface area contributed by atoms with E-state index in [0.717, 1.165) is 39.3 Å². The molecule has 2 aromatic heterocycles. The second-order valence-corrected chi connectivity index (χ2v) is 6.78. The van der Waals surface area contributed by atoms with Gasteiger partial charge in [-0.15, -0.1) is 0 Å². The lowest BCUT2D eigenvalue weighted by molar-refractivity contribution is 0.121. The fraction of sp³-hybridized carbons (Fsp3) is 0.421. The van der Waals surface area contributed by atoms with Crippen LogP contribution in [0, 0.1) is 5.92 Å². The average Bonchev–Trinajstić information content (AvgIpc) is 3.15. The lowest BCUT2D eigenvalue weighted by atomic mass is 9.98. The molecule has 1 saturated heterocycles. The number of nitrogens with zero attached hydrogens (tertiary/aromatic N) is 3. The molecule has 5 heteroatoms. The Bertz CT molecular complexity index is 793. The summed E-state index contributed by atoms with van der Waals surface area (Å²) in [7, 11) is 2.09. The van der Waals surface area contributed by atoms with Gasteiger partial charge in [-0.05, 0) is 41.5 Å². The van der Waals surface area contributed by atoms with Crippen molar-refractivity contribution in [1.29, 1.82) is 0 Å². The number of nitrogens with one attached hydrogen (secondary N) is 1. The van der Waals surface area contributed by atoms with Crippen molar-refractivity contribution in [2.75, 3.05) is 26.3 Å². The van der Waals surface area contributed by atoms with E-state index in [1.165, 1.54) is 22.2 Å². The largest absolute Gasteiger partial charge is 0.380 e. The van der Waals surface area contributed by atoms with Crippen molar-refractivity contribution in [2.24, 2.45) is 13.0 Å². The Kier molecular flexibility index (Phi) is 4.36. The molecule has 1 aliphatic heterocycles. The molecule has 126 valence electrons. The van der Waals surface area contributed by atoms with Gasteiger partial charge < -0.3 is 14.3 Å². The third-order valence-electron chi connectivity index (χ3n) is 4.84. The van der Waals surface area contributed by atoms with Crippen LogP contribution in [0.25, 0.3) is 10.9 Å². The molecule has 0 aliphatic carbocycles. The van der Waals surface area contributed by atoms with E-state index < -0.39 is 0 Å². The zero-order valence-corrected chi connectivity index (χ0v) is 14.1. The van der Waals surface area contributed by atoms with Gasteiger partial charge in [0, 0.05) is 50.3 Å². The van der Waals surface area contributed by atoms with Gasteiger partial charge in [-0.2, -0.15) is 0 Å². The molecule has 3 aromatic rings. The van der Waals surface area contributed by atoms with Crippen molar-refractivity contribution in [3.63, 3.8) is 0 Å². The second-order valence-electron chi connectivity index (χ2n) is 6.78. The Hall–Kier alpha value is -2.11. The van der Waals surface area contributed by atoms with Crippen LogP contribution < -0.4 is 0 Å². The van der Waals surface area contributed by atoms with Crippen molar-refractivity contribution in [3.05, 3.63) is 54.2 Å². The summed E-state index contributed by atoms with van der Waals surface area (Å²) < 4.78 is 8.02. The van der Waals surface area contributed by atoms with Gasteiger partial charge in [0.15, 0.2) is 0 Å². The number of aromatic nitrogens is 3. The molecular weight excluding hydrogens is 300 g/mol. The third-order valence-corrected chi connectivity index (χ3v) is 4.84. The summed E-state index contributed by atoms with van der Waals surface area (Å²) in [4.78, 5) is 9.77. The van der Waals surface area contributed by atoms with Crippen molar-refractivity contribution in [2.45, 2.75) is 13.0 Å². The standard InChI is InChI=1S/C19H24N4O/c1-22-5-4-17-9-15(2-3-19(17)22)8-16-11-23(6-7-24-13-16)12-18-10-20-14-21-18/h2-5,9-10,14,16H,6-8,11-13H2,1H3,(H,20,21). The minimum atomic E-state index is 0.525. The fourth-order valence-electron chi connectivity index (χ4n) is 3.62. The zero-order valence-electron chi connectivity index (χ0n) is 14.1. The number of rotatable bonds is 4. The van der Waals surface area contributed by atoms with Gasteiger partial charge in [0.05, 0.1) is 19.5 Å². The molecule has 0 spiro atoms. The van der Waals surface area contributed by atoms with E-state index in [9.17, 15) is 0 Å². The highest BCUT2D eigenvalue weighted by molar-refractivity contribution is 5.80. The van der Waals surface area contributed by atoms with Crippen LogP contribution in [0.1, 0.15) is 11.3 Å². The molecule has 1 unspecified atom stereocenters. The number of ether oxygens (including phenoxy) is 1. The number of hydrogen-bond donors (Lipinski definition) is 1. The number of benzene rings is 1. The summed E-state index contributed by atoms with van der Waals surface area (Å²) in [5.74, 6) is 0.525. The second kappa shape index (κ2) is 6.79. The Morgan fingerprint density at radius 2 is 2.29 bits per heavy atom. The average molecular weight is 324 g/mol. The SMILES string of the molecule is Cn1ccc2cc(CC3COCCN(Cc4cnc[nH]4)C3)ccc21. The van der Waals surface area contributed by atoms with Gasteiger partial charge >= 0.3 is 0 Å². The van der Waals surface area contributed by atoms with Crippen molar-refractivity contribution in [1.82, 2.24) is 19.4 Å². The van der Waals surface area contributed by atoms with Gasteiger partial charge in [-0.25, -0.2) is 4.98 Å². The van der Waals surface area contributed by atoms with E-state index in [1.54, 1.807) is 6.33 Å². The molecule has 3 heterocycles. The predicted molar refractivity (Wildman–Crippen MR) is 94.8 cm³/mol. The zero-order chi connectivity index (χ0) is 16.4. The minimum absolute atomic E-state index is 0.525. The third kappa shape index (κ3) is 3.37. The minimum Gasteiger partial charge on any atom is -0.380 e. The Morgan fingerprint density at radius 3 is 3.17 bits per heavy atom. The lowest BCUT2D eigenvalue weighted by Gasteiger charge is -2.22. The van der Waals surface area contributed by atoms with E-state index in [-0.39, 0.29) is 0 Å². The quantitative estimate of drug-likeness (QED) is 0.802. The molecule has 0 saturated carbocycles. The van der Waals surface area contributed by atoms with Gasteiger partial charge in [0.1, 0.15) is 0 Å². The van der Waals surface area contributed by atoms with Gasteiger partial charge in [0.25, 0.3) is 0 Å². The highest BCUT2D eigenvalue weighted by Gasteiger charge is 2.19. The Morgan fingerprint density at radius 1 is 1.33 bits per heavy atom. The predicted octanol–water partition coefficient (Wildman–Crippen LogP) is 2.59. The molecule has 24 heavy (non-hydrogen) atoms. The maximum absolute atomic E-state index is 5.85. The van der Waals surface area contributed by atoms with Crippen LogP contribution in [0.2, 0.25) is 0 Å². The number of imidazole rings is 1. The summed E-state index contributed by atoms with van der Waals surface area (Å²) in [5, 5.41) is 1.32. The molecule has 1 N–H and O–H groups in total. The topological polar surface area (TPSA) is 46.1 Å². The molecule has 1 aromatic carbocycles. The van der Waals surface area contributed by atoms with Crippen LogP contribution in [0.3, 0.4) is 0 Å². The maximum Gasteiger partial charge on any atom is 0.0922 e. The number of aryl methyl sites for hydroxylation is 1. The van der Waals surface area contributed by atoms with Crippen LogP contribution in [0.5, 0.6) is 0 Å². The van der Waals surface area contributed by atoms with Crippen molar-refractivity contribution >= 4 is 10.9 Å². The Balaban J connectivity index is 1.45. The van der Waals surface area contributed by atoms with E-state index >= 15 is 0 Å². The van der Waals surface area contributed by atoms with E-state index in [0.29, 0.717) is 5.92 Å². The smallest absolute Gasteiger partial charge is 0.0922 e.